The van der Waals surface area contributed by atoms with E-state index >= 15 is 0 Å². The monoisotopic (exact) mass is 288 g/mol. The van der Waals surface area contributed by atoms with Gasteiger partial charge in [-0.3, -0.25) is 9.59 Å². The number of anilines is 1. The number of amides is 1. The number of likely N-dealkylation sites (tertiary alicyclic amines) is 1. The van der Waals surface area contributed by atoms with Gasteiger partial charge < -0.3 is 14.5 Å². The zero-order valence-electron chi connectivity index (χ0n) is 12.3. The van der Waals surface area contributed by atoms with Gasteiger partial charge in [-0.2, -0.15) is 0 Å². The number of carbonyl (C=O) groups excluding carboxylic acids is 2. The van der Waals surface area contributed by atoms with Crippen molar-refractivity contribution in [2.45, 2.75) is 19.8 Å². The minimum Gasteiger partial charge on any atom is -0.482 e. The van der Waals surface area contributed by atoms with E-state index in [1.807, 2.05) is 0 Å². The van der Waals surface area contributed by atoms with Gasteiger partial charge in [-0.25, -0.2) is 0 Å². The first-order chi connectivity index (χ1) is 10.1. The highest BCUT2D eigenvalue weighted by molar-refractivity contribution is 6.01. The lowest BCUT2D eigenvalue weighted by atomic mass is 10.1. The molecule has 0 aliphatic carbocycles. The number of nitrogens with zero attached hydrogens (tertiary/aromatic N) is 2. The van der Waals surface area contributed by atoms with E-state index in [-0.39, 0.29) is 18.3 Å². The molecule has 1 amide bonds. The van der Waals surface area contributed by atoms with Gasteiger partial charge in [0.25, 0.3) is 5.91 Å². The first-order valence-corrected chi connectivity index (χ1v) is 7.45. The molecule has 1 aromatic carbocycles. The summed E-state index contributed by atoms with van der Waals surface area (Å²) in [5, 5.41) is 0. The molecule has 1 aromatic rings. The van der Waals surface area contributed by atoms with Gasteiger partial charge in [0.15, 0.2) is 12.4 Å². The summed E-state index contributed by atoms with van der Waals surface area (Å²) in [6.45, 7) is 5.35. The SMILES string of the molecule is CC(=O)c1ccc2c(c1)N(CCN1CCCC1)C(=O)CO2. The van der Waals surface area contributed by atoms with Crippen LogP contribution in [0.3, 0.4) is 0 Å². The van der Waals surface area contributed by atoms with Crippen LogP contribution >= 0.6 is 0 Å². The Morgan fingerprint density at radius 3 is 2.71 bits per heavy atom. The Kier molecular flexibility index (Phi) is 3.92. The average Bonchev–Trinajstić information content (AvgIpc) is 2.99. The first-order valence-electron chi connectivity index (χ1n) is 7.45. The number of Topliss-reactive ketones (excluding diaryl/α,β-unsaturated/α-hetero) is 1. The van der Waals surface area contributed by atoms with Crippen LogP contribution in [0.2, 0.25) is 0 Å². The van der Waals surface area contributed by atoms with Crippen LogP contribution in [-0.2, 0) is 4.79 Å². The standard InChI is InChI=1S/C16H20N2O3/c1-12(19)13-4-5-15-14(10-13)18(16(20)11-21-15)9-8-17-6-2-3-7-17/h4-5,10H,2-3,6-9,11H2,1H3. The van der Waals surface area contributed by atoms with Crippen molar-refractivity contribution in [1.82, 2.24) is 4.90 Å². The molecule has 1 fully saturated rings. The Morgan fingerprint density at radius 1 is 1.24 bits per heavy atom. The van der Waals surface area contributed by atoms with Gasteiger partial charge in [0.05, 0.1) is 5.69 Å². The van der Waals surface area contributed by atoms with Crippen LogP contribution < -0.4 is 9.64 Å². The van der Waals surface area contributed by atoms with Crippen LogP contribution in [0.1, 0.15) is 30.1 Å². The molecule has 0 saturated carbocycles. The molecule has 0 atom stereocenters. The zero-order valence-corrected chi connectivity index (χ0v) is 12.3. The smallest absolute Gasteiger partial charge is 0.265 e. The zero-order chi connectivity index (χ0) is 14.8. The van der Waals surface area contributed by atoms with E-state index in [1.165, 1.54) is 19.8 Å². The topological polar surface area (TPSA) is 49.9 Å². The summed E-state index contributed by atoms with van der Waals surface area (Å²) < 4.78 is 5.46. The molecule has 112 valence electrons. The Hall–Kier alpha value is -1.88. The van der Waals surface area contributed by atoms with Crippen molar-refractivity contribution in [3.05, 3.63) is 23.8 Å². The molecule has 21 heavy (non-hydrogen) atoms. The molecule has 0 spiro atoms. The number of hydrogen-bond acceptors (Lipinski definition) is 4. The van der Waals surface area contributed by atoms with E-state index in [0.29, 0.717) is 17.9 Å². The fourth-order valence-corrected chi connectivity index (χ4v) is 2.91. The normalized spacial score (nSPS) is 18.5. The number of ether oxygens (including phenoxy) is 1. The van der Waals surface area contributed by atoms with E-state index in [1.54, 1.807) is 23.1 Å². The summed E-state index contributed by atoms with van der Waals surface area (Å²) in [5.41, 5.74) is 1.33. The van der Waals surface area contributed by atoms with Gasteiger partial charge in [-0.1, -0.05) is 0 Å². The molecular formula is C16H20N2O3. The van der Waals surface area contributed by atoms with E-state index in [9.17, 15) is 9.59 Å². The van der Waals surface area contributed by atoms with Crippen LogP contribution in [-0.4, -0.2) is 49.4 Å². The van der Waals surface area contributed by atoms with Gasteiger partial charge in [0.2, 0.25) is 0 Å². The van der Waals surface area contributed by atoms with Gasteiger partial charge in [-0.15, -0.1) is 0 Å². The fourth-order valence-electron chi connectivity index (χ4n) is 2.91. The molecule has 5 heteroatoms. The highest BCUT2D eigenvalue weighted by atomic mass is 16.5. The number of carbonyl (C=O) groups is 2. The van der Waals surface area contributed by atoms with Gasteiger partial charge >= 0.3 is 0 Å². The molecule has 3 rings (SSSR count). The Bertz CT molecular complexity index is 565. The molecule has 2 heterocycles. The number of benzene rings is 1. The molecular weight excluding hydrogens is 268 g/mol. The lowest BCUT2D eigenvalue weighted by molar-refractivity contribution is -0.121. The summed E-state index contributed by atoms with van der Waals surface area (Å²) in [4.78, 5) is 27.8. The summed E-state index contributed by atoms with van der Waals surface area (Å²) in [6, 6.07) is 5.29. The largest absolute Gasteiger partial charge is 0.482 e. The average molecular weight is 288 g/mol. The molecule has 0 radical (unpaired) electrons. The van der Waals surface area contributed by atoms with Crippen molar-refractivity contribution in [3.63, 3.8) is 0 Å². The Morgan fingerprint density at radius 2 is 2.00 bits per heavy atom. The predicted octanol–water partition coefficient (Wildman–Crippen LogP) is 1.71. The van der Waals surface area contributed by atoms with Crippen molar-refractivity contribution in [3.8, 4) is 5.75 Å². The third-order valence-corrected chi connectivity index (χ3v) is 4.15. The van der Waals surface area contributed by atoms with Crippen LogP contribution in [0.25, 0.3) is 0 Å². The van der Waals surface area contributed by atoms with Crippen molar-refractivity contribution < 1.29 is 14.3 Å². The maximum absolute atomic E-state index is 12.1. The Labute approximate surface area is 124 Å². The highest BCUT2D eigenvalue weighted by Gasteiger charge is 2.26. The summed E-state index contributed by atoms with van der Waals surface area (Å²) in [7, 11) is 0. The maximum Gasteiger partial charge on any atom is 0.265 e. The van der Waals surface area contributed by atoms with Crippen LogP contribution in [0.15, 0.2) is 18.2 Å². The second-order valence-electron chi connectivity index (χ2n) is 5.62. The van der Waals surface area contributed by atoms with Crippen LogP contribution in [0, 0.1) is 0 Å². The van der Waals surface area contributed by atoms with E-state index in [2.05, 4.69) is 4.90 Å². The van der Waals surface area contributed by atoms with Crippen molar-refractivity contribution in [1.29, 1.82) is 0 Å². The van der Waals surface area contributed by atoms with E-state index in [0.717, 1.165) is 25.3 Å². The molecule has 0 unspecified atom stereocenters. The third kappa shape index (κ3) is 2.93. The minimum atomic E-state index is -0.0394. The number of rotatable bonds is 4. The molecule has 2 aliphatic heterocycles. The van der Waals surface area contributed by atoms with Crippen molar-refractivity contribution in [2.24, 2.45) is 0 Å². The Balaban J connectivity index is 1.81. The van der Waals surface area contributed by atoms with Gasteiger partial charge in [-0.05, 0) is 51.1 Å². The number of ketones is 1. The van der Waals surface area contributed by atoms with E-state index in [4.69, 9.17) is 4.74 Å². The molecule has 5 nitrogen and oxygen atoms in total. The molecule has 0 bridgehead atoms. The summed E-state index contributed by atoms with van der Waals surface area (Å²) in [5.74, 6) is 0.638. The molecule has 2 aliphatic rings. The van der Waals surface area contributed by atoms with Crippen molar-refractivity contribution >= 4 is 17.4 Å². The van der Waals surface area contributed by atoms with E-state index < -0.39 is 0 Å². The quantitative estimate of drug-likeness (QED) is 0.791. The van der Waals surface area contributed by atoms with Crippen molar-refractivity contribution in [2.75, 3.05) is 37.7 Å². The van der Waals surface area contributed by atoms with Gasteiger partial charge in [0.1, 0.15) is 5.75 Å². The lowest BCUT2D eigenvalue weighted by Crippen LogP contribution is -2.43. The fraction of sp³-hybridized carbons (Fsp3) is 0.500. The second kappa shape index (κ2) is 5.85. The number of fused-ring (bicyclic) bond motifs is 1. The predicted molar refractivity (Wildman–Crippen MR) is 80.0 cm³/mol. The molecule has 1 saturated heterocycles. The van der Waals surface area contributed by atoms with Crippen LogP contribution in [0.5, 0.6) is 5.75 Å². The minimum absolute atomic E-state index is 0.00434. The summed E-state index contributed by atoms with van der Waals surface area (Å²) in [6.07, 6.45) is 2.48. The van der Waals surface area contributed by atoms with Gasteiger partial charge in [0, 0.05) is 18.7 Å². The second-order valence-corrected chi connectivity index (χ2v) is 5.62. The highest BCUT2D eigenvalue weighted by Crippen LogP contribution is 2.33. The summed E-state index contributed by atoms with van der Waals surface area (Å²) >= 11 is 0. The lowest BCUT2D eigenvalue weighted by Gasteiger charge is -2.31. The first kappa shape index (κ1) is 14.1. The van der Waals surface area contributed by atoms with Crippen LogP contribution in [0.4, 0.5) is 5.69 Å². The number of hydrogen-bond donors (Lipinski definition) is 0. The maximum atomic E-state index is 12.1. The third-order valence-electron chi connectivity index (χ3n) is 4.15. The molecule has 0 N–H and O–H groups in total. The molecule has 0 aromatic heterocycles.